The van der Waals surface area contributed by atoms with E-state index in [9.17, 15) is 4.39 Å². The van der Waals surface area contributed by atoms with E-state index in [1.54, 1.807) is 0 Å². The number of rotatable bonds is 7. The first-order valence-electron chi connectivity index (χ1n) is 6.11. The maximum Gasteiger partial charge on any atom is 0.147 e. The van der Waals surface area contributed by atoms with E-state index < -0.39 is 0 Å². The molecule has 1 aromatic carbocycles. The second-order valence-electron chi connectivity index (χ2n) is 4.43. The van der Waals surface area contributed by atoms with Gasteiger partial charge in [0, 0.05) is 19.0 Å². The summed E-state index contributed by atoms with van der Waals surface area (Å²) < 4.78 is 19.4. The van der Waals surface area contributed by atoms with Crippen molar-refractivity contribution in [2.75, 3.05) is 13.3 Å². The SMILES string of the molecule is FCCCOc1c(Br)cc(CNC2CC2)cc1Br. The predicted octanol–water partition coefficient (Wildman–Crippen LogP) is 4.20. The Kier molecular flexibility index (Phi) is 5.45. The molecule has 2 nitrogen and oxygen atoms in total. The number of hydrogen-bond acceptors (Lipinski definition) is 2. The zero-order valence-electron chi connectivity index (χ0n) is 10.0. The molecular weight excluding hydrogens is 365 g/mol. The second-order valence-corrected chi connectivity index (χ2v) is 6.14. The lowest BCUT2D eigenvalue weighted by Crippen LogP contribution is -2.15. The van der Waals surface area contributed by atoms with E-state index in [2.05, 4.69) is 37.2 Å². The van der Waals surface area contributed by atoms with Gasteiger partial charge in [0.2, 0.25) is 0 Å². The van der Waals surface area contributed by atoms with Crippen molar-refractivity contribution in [2.45, 2.75) is 31.8 Å². The van der Waals surface area contributed by atoms with Crippen molar-refractivity contribution in [1.82, 2.24) is 5.32 Å². The van der Waals surface area contributed by atoms with E-state index in [1.165, 1.54) is 18.4 Å². The molecule has 1 aromatic rings. The summed E-state index contributed by atoms with van der Waals surface area (Å²) in [5.74, 6) is 0.749. The zero-order valence-corrected chi connectivity index (χ0v) is 13.2. The molecule has 2 rings (SSSR count). The first-order valence-corrected chi connectivity index (χ1v) is 7.69. The average molecular weight is 381 g/mol. The Balaban J connectivity index is 1.97. The van der Waals surface area contributed by atoms with Crippen LogP contribution in [0.25, 0.3) is 0 Å². The average Bonchev–Trinajstić information content (AvgIpc) is 3.14. The molecule has 0 aromatic heterocycles. The summed E-state index contributed by atoms with van der Waals surface area (Å²) in [5, 5.41) is 3.47. The lowest BCUT2D eigenvalue weighted by Gasteiger charge is -2.12. The third kappa shape index (κ3) is 4.21. The van der Waals surface area contributed by atoms with Gasteiger partial charge in [0.05, 0.1) is 22.2 Å². The van der Waals surface area contributed by atoms with Gasteiger partial charge in [-0.1, -0.05) is 0 Å². The van der Waals surface area contributed by atoms with Crippen molar-refractivity contribution in [3.8, 4) is 5.75 Å². The fourth-order valence-corrected chi connectivity index (χ4v) is 3.14. The quantitative estimate of drug-likeness (QED) is 0.715. The van der Waals surface area contributed by atoms with Gasteiger partial charge in [-0.15, -0.1) is 0 Å². The van der Waals surface area contributed by atoms with Crippen LogP contribution >= 0.6 is 31.9 Å². The van der Waals surface area contributed by atoms with Gasteiger partial charge >= 0.3 is 0 Å². The highest BCUT2D eigenvalue weighted by atomic mass is 79.9. The molecule has 0 unspecified atom stereocenters. The van der Waals surface area contributed by atoms with Crippen molar-refractivity contribution in [1.29, 1.82) is 0 Å². The van der Waals surface area contributed by atoms with Crippen molar-refractivity contribution >= 4 is 31.9 Å². The van der Waals surface area contributed by atoms with Gasteiger partial charge < -0.3 is 10.1 Å². The molecule has 0 aliphatic heterocycles. The minimum absolute atomic E-state index is 0.349. The Labute approximate surface area is 124 Å². The van der Waals surface area contributed by atoms with Gasteiger partial charge in [-0.3, -0.25) is 4.39 Å². The molecule has 1 saturated carbocycles. The normalized spacial score (nSPS) is 14.8. The molecule has 0 spiro atoms. The summed E-state index contributed by atoms with van der Waals surface area (Å²) in [6.45, 7) is 0.915. The molecule has 0 saturated heterocycles. The number of ether oxygens (including phenoxy) is 1. The highest BCUT2D eigenvalue weighted by Gasteiger charge is 2.20. The number of hydrogen-bond donors (Lipinski definition) is 1. The van der Waals surface area contributed by atoms with Crippen molar-refractivity contribution in [3.63, 3.8) is 0 Å². The number of nitrogens with one attached hydrogen (secondary N) is 1. The first kappa shape index (κ1) is 14.3. The lowest BCUT2D eigenvalue weighted by atomic mass is 10.2. The highest BCUT2D eigenvalue weighted by molar-refractivity contribution is 9.11. The Morgan fingerprint density at radius 1 is 1.28 bits per heavy atom. The van der Waals surface area contributed by atoms with Crippen LogP contribution in [0.4, 0.5) is 4.39 Å². The van der Waals surface area contributed by atoms with Crippen LogP contribution in [0.2, 0.25) is 0 Å². The van der Waals surface area contributed by atoms with Crippen LogP contribution in [-0.4, -0.2) is 19.3 Å². The van der Waals surface area contributed by atoms with E-state index in [0.717, 1.165) is 21.2 Å². The molecule has 100 valence electrons. The van der Waals surface area contributed by atoms with Crippen LogP contribution < -0.4 is 10.1 Å². The Morgan fingerprint density at radius 2 is 1.94 bits per heavy atom. The van der Waals surface area contributed by atoms with Crippen LogP contribution in [0.1, 0.15) is 24.8 Å². The summed E-state index contributed by atoms with van der Waals surface area (Å²) >= 11 is 6.99. The maximum absolute atomic E-state index is 12.0. The molecule has 1 aliphatic carbocycles. The van der Waals surface area contributed by atoms with E-state index >= 15 is 0 Å². The summed E-state index contributed by atoms with van der Waals surface area (Å²) in [7, 11) is 0. The molecule has 0 radical (unpaired) electrons. The molecule has 0 bridgehead atoms. The third-order valence-corrected chi connectivity index (χ3v) is 3.93. The molecule has 5 heteroatoms. The van der Waals surface area contributed by atoms with Crippen LogP contribution in [0, 0.1) is 0 Å². The van der Waals surface area contributed by atoms with Crippen molar-refractivity contribution < 1.29 is 9.13 Å². The molecule has 1 aliphatic rings. The summed E-state index contributed by atoms with van der Waals surface area (Å²) in [6, 6.07) is 4.79. The Morgan fingerprint density at radius 3 is 2.50 bits per heavy atom. The van der Waals surface area contributed by atoms with E-state index in [-0.39, 0.29) is 6.67 Å². The monoisotopic (exact) mass is 379 g/mol. The standard InChI is InChI=1S/C13H16Br2FNO/c14-11-6-9(8-17-10-2-3-10)7-12(15)13(11)18-5-1-4-16/h6-7,10,17H,1-5,8H2. The fraction of sp³-hybridized carbons (Fsp3) is 0.538. The summed E-state index contributed by atoms with van der Waals surface area (Å²) in [4.78, 5) is 0. The first-order chi connectivity index (χ1) is 8.70. The topological polar surface area (TPSA) is 21.3 Å². The third-order valence-electron chi connectivity index (χ3n) is 2.75. The number of alkyl halides is 1. The van der Waals surface area contributed by atoms with E-state index in [1.807, 2.05) is 12.1 Å². The van der Waals surface area contributed by atoms with Crippen LogP contribution in [0.5, 0.6) is 5.75 Å². The number of benzene rings is 1. The van der Waals surface area contributed by atoms with Gasteiger partial charge in [-0.2, -0.15) is 0 Å². The Bertz CT molecular complexity index is 387. The molecular formula is C13H16Br2FNO. The van der Waals surface area contributed by atoms with Gasteiger partial charge in [0.1, 0.15) is 5.75 Å². The fourth-order valence-electron chi connectivity index (χ4n) is 1.63. The van der Waals surface area contributed by atoms with Gasteiger partial charge in [-0.25, -0.2) is 0 Å². The maximum atomic E-state index is 12.0. The molecule has 1 N–H and O–H groups in total. The van der Waals surface area contributed by atoms with Crippen molar-refractivity contribution in [3.05, 3.63) is 26.6 Å². The minimum atomic E-state index is -0.349. The van der Waals surface area contributed by atoms with Gasteiger partial charge in [-0.05, 0) is 62.4 Å². The molecule has 18 heavy (non-hydrogen) atoms. The van der Waals surface area contributed by atoms with Gasteiger partial charge in [0.15, 0.2) is 0 Å². The molecule has 1 fully saturated rings. The summed E-state index contributed by atoms with van der Waals surface area (Å²) in [6.07, 6.45) is 2.99. The summed E-state index contributed by atoms with van der Waals surface area (Å²) in [5.41, 5.74) is 1.21. The van der Waals surface area contributed by atoms with Crippen LogP contribution in [0.15, 0.2) is 21.1 Å². The minimum Gasteiger partial charge on any atom is -0.491 e. The second kappa shape index (κ2) is 6.87. The molecule has 0 amide bonds. The lowest BCUT2D eigenvalue weighted by molar-refractivity contribution is 0.286. The van der Waals surface area contributed by atoms with Crippen LogP contribution in [0.3, 0.4) is 0 Å². The zero-order chi connectivity index (χ0) is 13.0. The predicted molar refractivity (Wildman–Crippen MR) is 77.8 cm³/mol. The molecule has 0 heterocycles. The highest BCUT2D eigenvalue weighted by Crippen LogP contribution is 2.35. The number of halogens is 3. The smallest absolute Gasteiger partial charge is 0.147 e. The van der Waals surface area contributed by atoms with Gasteiger partial charge in [0.25, 0.3) is 0 Å². The van der Waals surface area contributed by atoms with E-state index in [0.29, 0.717) is 19.1 Å². The Hall–Kier alpha value is -0.130. The largest absolute Gasteiger partial charge is 0.491 e. The van der Waals surface area contributed by atoms with Crippen LogP contribution in [-0.2, 0) is 6.54 Å². The van der Waals surface area contributed by atoms with E-state index in [4.69, 9.17) is 4.74 Å². The molecule has 0 atom stereocenters. The van der Waals surface area contributed by atoms with Crippen molar-refractivity contribution in [2.24, 2.45) is 0 Å².